The number of ether oxygens (including phenoxy) is 1. The maximum absolute atomic E-state index is 12.3. The number of hydrogen-bond acceptors (Lipinski definition) is 6. The highest BCUT2D eigenvalue weighted by Crippen LogP contribution is 2.33. The third kappa shape index (κ3) is 3.92. The first-order chi connectivity index (χ1) is 11.0. The van der Waals surface area contributed by atoms with Crippen LogP contribution in [-0.2, 0) is 23.0 Å². The molecule has 2 aliphatic rings. The molecular weight excluding hydrogens is 334 g/mol. The minimum absolute atomic E-state index is 0.00777. The van der Waals surface area contributed by atoms with Crippen LogP contribution < -0.4 is 10.9 Å². The van der Waals surface area contributed by atoms with Gasteiger partial charge in [0.2, 0.25) is 5.91 Å². The van der Waals surface area contributed by atoms with Crippen LogP contribution in [0.15, 0.2) is 14.8 Å². The summed E-state index contributed by atoms with van der Waals surface area (Å²) in [5.74, 6) is 0.206. The van der Waals surface area contributed by atoms with E-state index in [1.54, 1.807) is 23.4 Å². The van der Waals surface area contributed by atoms with E-state index in [2.05, 4.69) is 17.2 Å². The molecule has 0 unspecified atom stereocenters. The van der Waals surface area contributed by atoms with Gasteiger partial charge in [0.1, 0.15) is 0 Å². The Morgan fingerprint density at radius 1 is 1.57 bits per heavy atom. The SMILES string of the molecule is C[C@H]1Cc2nc(SCC(=O)NC[C@@H]3CCCO3)n(C)c(=O)c2S1. The molecule has 1 aromatic heterocycles. The quantitative estimate of drug-likeness (QED) is 0.632. The molecule has 1 amide bonds. The van der Waals surface area contributed by atoms with Gasteiger partial charge in [0.05, 0.1) is 22.4 Å². The number of carbonyl (C=O) groups is 1. The van der Waals surface area contributed by atoms with Crippen molar-refractivity contribution in [1.29, 1.82) is 0 Å². The second-order valence-electron chi connectivity index (χ2n) is 5.89. The maximum atomic E-state index is 12.3. The Morgan fingerprint density at radius 3 is 3.13 bits per heavy atom. The first-order valence-corrected chi connectivity index (χ1v) is 9.68. The highest BCUT2D eigenvalue weighted by molar-refractivity contribution is 8.00. The van der Waals surface area contributed by atoms with Gasteiger partial charge in [-0.25, -0.2) is 4.98 Å². The number of nitrogens with one attached hydrogen (secondary N) is 1. The topological polar surface area (TPSA) is 73.2 Å². The molecule has 0 aromatic carbocycles. The van der Waals surface area contributed by atoms with Crippen molar-refractivity contribution >= 4 is 29.4 Å². The molecule has 0 radical (unpaired) electrons. The number of fused-ring (bicyclic) bond motifs is 1. The molecule has 1 fully saturated rings. The number of carbonyl (C=O) groups excluding carboxylic acids is 1. The van der Waals surface area contributed by atoms with E-state index in [-0.39, 0.29) is 23.3 Å². The maximum Gasteiger partial charge on any atom is 0.267 e. The molecule has 2 aliphatic heterocycles. The molecule has 1 N–H and O–H groups in total. The van der Waals surface area contributed by atoms with Gasteiger partial charge in [-0.3, -0.25) is 14.2 Å². The van der Waals surface area contributed by atoms with E-state index in [1.807, 2.05) is 0 Å². The molecule has 0 spiro atoms. The fourth-order valence-corrected chi connectivity index (χ4v) is 4.68. The van der Waals surface area contributed by atoms with E-state index in [0.717, 1.165) is 36.5 Å². The van der Waals surface area contributed by atoms with Gasteiger partial charge in [-0.1, -0.05) is 18.7 Å². The minimum Gasteiger partial charge on any atom is -0.376 e. The number of rotatable bonds is 5. The first kappa shape index (κ1) is 16.9. The zero-order chi connectivity index (χ0) is 16.4. The van der Waals surface area contributed by atoms with Gasteiger partial charge >= 0.3 is 0 Å². The highest BCUT2D eigenvalue weighted by Gasteiger charge is 2.25. The van der Waals surface area contributed by atoms with E-state index in [9.17, 15) is 9.59 Å². The fraction of sp³-hybridized carbons (Fsp3) is 0.667. The van der Waals surface area contributed by atoms with Crippen LogP contribution in [-0.4, -0.2) is 45.7 Å². The van der Waals surface area contributed by atoms with E-state index in [4.69, 9.17) is 4.74 Å². The molecule has 1 aromatic rings. The monoisotopic (exact) mass is 355 g/mol. The van der Waals surface area contributed by atoms with Crippen molar-refractivity contribution in [3.05, 3.63) is 16.0 Å². The summed E-state index contributed by atoms with van der Waals surface area (Å²) in [5, 5.41) is 3.88. The van der Waals surface area contributed by atoms with E-state index in [1.165, 1.54) is 11.8 Å². The number of aromatic nitrogens is 2. The van der Waals surface area contributed by atoms with Crippen molar-refractivity contribution in [1.82, 2.24) is 14.9 Å². The van der Waals surface area contributed by atoms with Crippen LogP contribution in [0.25, 0.3) is 0 Å². The Labute approximate surface area is 143 Å². The van der Waals surface area contributed by atoms with Crippen molar-refractivity contribution in [3.8, 4) is 0 Å². The molecule has 3 rings (SSSR count). The third-order valence-electron chi connectivity index (χ3n) is 3.96. The molecule has 126 valence electrons. The average molecular weight is 355 g/mol. The van der Waals surface area contributed by atoms with Crippen LogP contribution in [0.4, 0.5) is 0 Å². The fourth-order valence-electron chi connectivity index (χ4n) is 2.72. The molecule has 8 heteroatoms. The standard InChI is InChI=1S/C15H21N3O3S2/c1-9-6-11-13(23-9)14(20)18(2)15(17-11)22-8-12(19)16-7-10-4-3-5-21-10/h9-10H,3-8H2,1-2H3,(H,16,19)/t9-,10-/m0/s1. The Hall–Kier alpha value is -0.990. The summed E-state index contributed by atoms with van der Waals surface area (Å²) in [6, 6.07) is 0. The van der Waals surface area contributed by atoms with Crippen LogP contribution in [0, 0.1) is 0 Å². The van der Waals surface area contributed by atoms with Gasteiger partial charge in [0, 0.05) is 31.9 Å². The van der Waals surface area contributed by atoms with Gasteiger partial charge in [-0.05, 0) is 12.8 Å². The Kier molecular flexibility index (Phi) is 5.33. The first-order valence-electron chi connectivity index (χ1n) is 7.82. The van der Waals surface area contributed by atoms with Crippen molar-refractivity contribution in [2.24, 2.45) is 7.05 Å². The lowest BCUT2D eigenvalue weighted by atomic mass is 10.2. The number of thioether (sulfide) groups is 2. The molecule has 6 nitrogen and oxygen atoms in total. The largest absolute Gasteiger partial charge is 0.376 e. The van der Waals surface area contributed by atoms with Gasteiger partial charge in [-0.2, -0.15) is 0 Å². The van der Waals surface area contributed by atoms with E-state index >= 15 is 0 Å². The molecule has 0 aliphatic carbocycles. The lowest BCUT2D eigenvalue weighted by Crippen LogP contribution is -2.33. The number of hydrogen-bond donors (Lipinski definition) is 1. The predicted octanol–water partition coefficient (Wildman–Crippen LogP) is 1.20. The second kappa shape index (κ2) is 7.27. The van der Waals surface area contributed by atoms with Crippen LogP contribution in [0.5, 0.6) is 0 Å². The summed E-state index contributed by atoms with van der Waals surface area (Å²) in [6.07, 6.45) is 3.02. The molecule has 1 saturated heterocycles. The molecule has 2 atom stereocenters. The molecule has 0 saturated carbocycles. The average Bonchev–Trinajstić information content (AvgIpc) is 3.16. The lowest BCUT2D eigenvalue weighted by molar-refractivity contribution is -0.119. The van der Waals surface area contributed by atoms with Gasteiger partial charge < -0.3 is 10.1 Å². The van der Waals surface area contributed by atoms with E-state index < -0.39 is 0 Å². The van der Waals surface area contributed by atoms with Crippen LogP contribution in [0.2, 0.25) is 0 Å². The Morgan fingerprint density at radius 2 is 2.39 bits per heavy atom. The Bertz CT molecular complexity index is 656. The van der Waals surface area contributed by atoms with E-state index in [0.29, 0.717) is 17.0 Å². The van der Waals surface area contributed by atoms with Crippen molar-refractivity contribution in [2.45, 2.75) is 47.6 Å². The summed E-state index contributed by atoms with van der Waals surface area (Å²) in [7, 11) is 1.71. The summed E-state index contributed by atoms with van der Waals surface area (Å²) in [5.41, 5.74) is 0.861. The van der Waals surface area contributed by atoms with Gasteiger partial charge in [-0.15, -0.1) is 11.8 Å². The van der Waals surface area contributed by atoms with Crippen LogP contribution in [0.1, 0.15) is 25.5 Å². The number of nitrogens with zero attached hydrogens (tertiary/aromatic N) is 2. The molecular formula is C15H21N3O3S2. The normalized spacial score (nSPS) is 23.0. The molecule has 23 heavy (non-hydrogen) atoms. The van der Waals surface area contributed by atoms with Crippen LogP contribution in [0.3, 0.4) is 0 Å². The molecule has 0 bridgehead atoms. The van der Waals surface area contributed by atoms with Crippen molar-refractivity contribution in [3.63, 3.8) is 0 Å². The lowest BCUT2D eigenvalue weighted by Gasteiger charge is -2.11. The third-order valence-corrected chi connectivity index (χ3v) is 6.21. The van der Waals surface area contributed by atoms with Crippen LogP contribution >= 0.6 is 23.5 Å². The smallest absolute Gasteiger partial charge is 0.267 e. The second-order valence-corrected chi connectivity index (χ2v) is 8.29. The zero-order valence-corrected chi connectivity index (χ0v) is 15.0. The zero-order valence-electron chi connectivity index (χ0n) is 13.3. The minimum atomic E-state index is -0.0528. The molecule has 3 heterocycles. The number of amides is 1. The Balaban J connectivity index is 1.58. The predicted molar refractivity (Wildman–Crippen MR) is 91.2 cm³/mol. The summed E-state index contributed by atoms with van der Waals surface area (Å²) in [6.45, 7) is 3.44. The summed E-state index contributed by atoms with van der Waals surface area (Å²) in [4.78, 5) is 29.6. The van der Waals surface area contributed by atoms with Crippen molar-refractivity contribution < 1.29 is 9.53 Å². The van der Waals surface area contributed by atoms with Gasteiger partial charge in [0.15, 0.2) is 5.16 Å². The highest BCUT2D eigenvalue weighted by atomic mass is 32.2. The van der Waals surface area contributed by atoms with Crippen molar-refractivity contribution in [2.75, 3.05) is 18.9 Å². The van der Waals surface area contributed by atoms with Gasteiger partial charge in [0.25, 0.3) is 5.56 Å². The summed E-state index contributed by atoms with van der Waals surface area (Å²) >= 11 is 2.90. The summed E-state index contributed by atoms with van der Waals surface area (Å²) < 4.78 is 7.02.